The van der Waals surface area contributed by atoms with E-state index in [0.29, 0.717) is 18.5 Å². The topological polar surface area (TPSA) is 95.6 Å². The summed E-state index contributed by atoms with van der Waals surface area (Å²) in [6.07, 6.45) is 1.95. The molecule has 0 atom stereocenters. The molecule has 3 N–H and O–H groups in total. The van der Waals surface area contributed by atoms with Gasteiger partial charge >= 0.3 is 0 Å². The molecule has 5 nitrogen and oxygen atoms in total. The summed E-state index contributed by atoms with van der Waals surface area (Å²) in [6.45, 7) is 2.03. The number of fused-ring (bicyclic) bond motifs is 1. The number of aromatic amines is 1. The molecule has 0 aliphatic rings. The van der Waals surface area contributed by atoms with Crippen LogP contribution in [-0.2, 0) is 12.8 Å². The summed E-state index contributed by atoms with van der Waals surface area (Å²) in [5.41, 5.74) is 8.51. The molecule has 0 aliphatic carbocycles. The van der Waals surface area contributed by atoms with E-state index >= 15 is 0 Å². The maximum atomic E-state index is 11.3. The van der Waals surface area contributed by atoms with Gasteiger partial charge < -0.3 is 5.73 Å². The minimum Gasteiger partial charge on any atom is -0.364 e. The second-order valence-electron chi connectivity index (χ2n) is 4.13. The van der Waals surface area contributed by atoms with E-state index in [4.69, 9.17) is 11.0 Å². The Morgan fingerprint density at radius 1 is 1.56 bits per heavy atom. The van der Waals surface area contributed by atoms with Gasteiger partial charge in [0.05, 0.1) is 11.6 Å². The number of nitrogens with two attached hydrogens (primary N) is 1. The third-order valence-electron chi connectivity index (χ3n) is 2.95. The van der Waals surface area contributed by atoms with Gasteiger partial charge in [0.2, 0.25) is 0 Å². The Bertz CT molecular complexity index is 636. The number of carbonyl (C=O) groups is 1. The fraction of sp³-hybridized carbons (Fsp3) is 0.308. The zero-order valence-corrected chi connectivity index (χ0v) is 10.2. The van der Waals surface area contributed by atoms with E-state index in [-0.39, 0.29) is 0 Å². The molecule has 5 heteroatoms. The number of primary amides is 1. The van der Waals surface area contributed by atoms with Crippen LogP contribution in [0.5, 0.6) is 0 Å². The van der Waals surface area contributed by atoms with Gasteiger partial charge in [0.15, 0.2) is 0 Å². The lowest BCUT2D eigenvalue weighted by Gasteiger charge is -2.04. The summed E-state index contributed by atoms with van der Waals surface area (Å²) in [7, 11) is 0. The van der Waals surface area contributed by atoms with Crippen molar-refractivity contribution in [2.24, 2.45) is 5.73 Å². The molecule has 0 radical (unpaired) electrons. The number of nitriles is 1. The number of hydrogen-bond acceptors (Lipinski definition) is 3. The Kier molecular flexibility index (Phi) is 3.28. The molecule has 92 valence electrons. The Labute approximate surface area is 105 Å². The smallest absolute Gasteiger partial charge is 0.267 e. The monoisotopic (exact) mass is 242 g/mol. The lowest BCUT2D eigenvalue weighted by Crippen LogP contribution is -2.11. The van der Waals surface area contributed by atoms with Crippen LogP contribution in [0.3, 0.4) is 0 Å². The summed E-state index contributed by atoms with van der Waals surface area (Å²) >= 11 is 0. The van der Waals surface area contributed by atoms with Crippen molar-refractivity contribution in [1.29, 1.82) is 5.26 Å². The third-order valence-corrected chi connectivity index (χ3v) is 2.95. The molecule has 2 rings (SSSR count). The van der Waals surface area contributed by atoms with Crippen LogP contribution in [0.15, 0.2) is 12.1 Å². The molecule has 0 spiro atoms. The van der Waals surface area contributed by atoms with Gasteiger partial charge in [-0.1, -0.05) is 13.0 Å². The maximum Gasteiger partial charge on any atom is 0.267 e. The first-order valence-electron chi connectivity index (χ1n) is 5.84. The number of aryl methyl sites for hydroxylation is 2. The number of nitrogens with zero attached hydrogens (tertiary/aromatic N) is 2. The van der Waals surface area contributed by atoms with Gasteiger partial charge in [-0.3, -0.25) is 9.89 Å². The largest absolute Gasteiger partial charge is 0.364 e. The second-order valence-corrected chi connectivity index (χ2v) is 4.13. The van der Waals surface area contributed by atoms with E-state index in [1.54, 1.807) is 0 Å². The van der Waals surface area contributed by atoms with Gasteiger partial charge in [0.25, 0.3) is 5.91 Å². The van der Waals surface area contributed by atoms with Crippen molar-refractivity contribution in [3.05, 3.63) is 29.0 Å². The molecule has 0 fully saturated rings. The van der Waals surface area contributed by atoms with Gasteiger partial charge in [-0.25, -0.2) is 0 Å². The number of rotatable bonds is 4. The Balaban J connectivity index is 2.60. The highest BCUT2D eigenvalue weighted by Crippen LogP contribution is 2.23. The average molecular weight is 242 g/mol. The molecule has 2 aromatic rings. The van der Waals surface area contributed by atoms with E-state index in [1.165, 1.54) is 0 Å². The van der Waals surface area contributed by atoms with Gasteiger partial charge in [0.1, 0.15) is 5.69 Å². The molecule has 0 saturated heterocycles. The maximum absolute atomic E-state index is 11.3. The van der Waals surface area contributed by atoms with E-state index in [0.717, 1.165) is 28.5 Å². The predicted octanol–water partition coefficient (Wildman–Crippen LogP) is 1.68. The normalized spacial score (nSPS) is 10.4. The van der Waals surface area contributed by atoms with Crippen LogP contribution in [0.4, 0.5) is 0 Å². The van der Waals surface area contributed by atoms with Crippen molar-refractivity contribution in [2.75, 3.05) is 0 Å². The highest BCUT2D eigenvalue weighted by molar-refractivity contribution is 6.04. The Hall–Kier alpha value is -2.35. The van der Waals surface area contributed by atoms with Crippen molar-refractivity contribution in [3.63, 3.8) is 0 Å². The van der Waals surface area contributed by atoms with Crippen LogP contribution in [0.25, 0.3) is 10.9 Å². The van der Waals surface area contributed by atoms with E-state index < -0.39 is 5.91 Å². The SMILES string of the molecule is CCc1cc(CCC#N)cc2c(C(N)=O)[nH]nc12. The zero-order valence-electron chi connectivity index (χ0n) is 10.2. The molecule has 0 bridgehead atoms. The Morgan fingerprint density at radius 2 is 2.33 bits per heavy atom. The fourth-order valence-corrected chi connectivity index (χ4v) is 2.06. The number of amides is 1. The highest BCUT2D eigenvalue weighted by atomic mass is 16.1. The highest BCUT2D eigenvalue weighted by Gasteiger charge is 2.13. The van der Waals surface area contributed by atoms with Gasteiger partial charge in [-0.2, -0.15) is 10.4 Å². The van der Waals surface area contributed by atoms with Crippen LogP contribution in [-0.4, -0.2) is 16.1 Å². The van der Waals surface area contributed by atoms with Gasteiger partial charge in [-0.05, 0) is 30.0 Å². The van der Waals surface area contributed by atoms with Crippen molar-refractivity contribution in [2.45, 2.75) is 26.2 Å². The van der Waals surface area contributed by atoms with Gasteiger partial charge in [-0.15, -0.1) is 0 Å². The number of hydrogen-bond donors (Lipinski definition) is 2. The van der Waals surface area contributed by atoms with E-state index in [9.17, 15) is 4.79 Å². The van der Waals surface area contributed by atoms with E-state index in [2.05, 4.69) is 16.3 Å². The standard InChI is InChI=1S/C13H14N4O/c1-2-9-6-8(4-3-5-14)7-10-11(9)16-17-12(10)13(15)18/h6-7H,2-4H2,1H3,(H2,15,18)(H,16,17). The lowest BCUT2D eigenvalue weighted by molar-refractivity contribution is 0.0997. The van der Waals surface area contributed by atoms with Crippen LogP contribution in [0, 0.1) is 11.3 Å². The Morgan fingerprint density at radius 3 is 2.94 bits per heavy atom. The molecule has 1 aromatic carbocycles. The lowest BCUT2D eigenvalue weighted by atomic mass is 10.0. The summed E-state index contributed by atoms with van der Waals surface area (Å²) in [5.74, 6) is -0.517. The fourth-order valence-electron chi connectivity index (χ4n) is 2.06. The number of benzene rings is 1. The van der Waals surface area contributed by atoms with Crippen molar-refractivity contribution >= 4 is 16.8 Å². The van der Waals surface area contributed by atoms with Crippen LogP contribution < -0.4 is 5.73 Å². The van der Waals surface area contributed by atoms with Gasteiger partial charge in [0, 0.05) is 11.8 Å². The van der Waals surface area contributed by atoms with Crippen LogP contribution >= 0.6 is 0 Å². The first kappa shape index (κ1) is 12.1. The molecule has 1 amide bonds. The first-order chi connectivity index (χ1) is 8.67. The molecule has 1 aromatic heterocycles. The van der Waals surface area contributed by atoms with E-state index in [1.807, 2.05) is 19.1 Å². The molecule has 1 heterocycles. The molecule has 0 saturated carbocycles. The average Bonchev–Trinajstić information content (AvgIpc) is 2.79. The summed E-state index contributed by atoms with van der Waals surface area (Å²) < 4.78 is 0. The third kappa shape index (κ3) is 2.05. The van der Waals surface area contributed by atoms with Crippen molar-refractivity contribution < 1.29 is 4.79 Å². The zero-order chi connectivity index (χ0) is 13.1. The molecular formula is C13H14N4O. The van der Waals surface area contributed by atoms with Crippen LogP contribution in [0.1, 0.15) is 35.0 Å². The predicted molar refractivity (Wildman–Crippen MR) is 67.9 cm³/mol. The minimum atomic E-state index is -0.517. The van der Waals surface area contributed by atoms with Crippen molar-refractivity contribution in [1.82, 2.24) is 10.2 Å². The number of aromatic nitrogens is 2. The summed E-state index contributed by atoms with van der Waals surface area (Å²) in [4.78, 5) is 11.3. The molecular weight excluding hydrogens is 228 g/mol. The quantitative estimate of drug-likeness (QED) is 0.853. The van der Waals surface area contributed by atoms with Crippen LogP contribution in [0.2, 0.25) is 0 Å². The number of nitrogens with one attached hydrogen (secondary N) is 1. The second kappa shape index (κ2) is 4.88. The molecule has 0 unspecified atom stereocenters. The van der Waals surface area contributed by atoms with Crippen molar-refractivity contribution in [3.8, 4) is 6.07 Å². The molecule has 18 heavy (non-hydrogen) atoms. The minimum absolute atomic E-state index is 0.332. The number of carbonyl (C=O) groups excluding carboxylic acids is 1. The first-order valence-corrected chi connectivity index (χ1v) is 5.84. The summed E-state index contributed by atoms with van der Waals surface area (Å²) in [5, 5.41) is 16.2. The number of H-pyrrole nitrogens is 1. The molecule has 0 aliphatic heterocycles. The summed E-state index contributed by atoms with van der Waals surface area (Å²) in [6, 6.07) is 6.04.